The van der Waals surface area contributed by atoms with Crippen molar-refractivity contribution >= 4 is 12.0 Å². The molecule has 1 heterocycles. The third-order valence-electron chi connectivity index (χ3n) is 4.10. The smallest absolute Gasteiger partial charge is 0.338 e. The fourth-order valence-corrected chi connectivity index (χ4v) is 3.04. The maximum atomic E-state index is 12.6. The molecule has 0 radical (unpaired) electrons. The molecule has 6 heteroatoms. The number of allylic oxidation sites excluding steroid dienone is 1. The van der Waals surface area contributed by atoms with Gasteiger partial charge < -0.3 is 14.8 Å². The number of esters is 1. The molecule has 0 saturated carbocycles. The van der Waals surface area contributed by atoms with E-state index in [0.717, 1.165) is 5.56 Å². The van der Waals surface area contributed by atoms with Gasteiger partial charge in [0.25, 0.3) is 0 Å². The third kappa shape index (κ3) is 4.07. The number of nitrogens with one attached hydrogen (secondary N) is 1. The van der Waals surface area contributed by atoms with E-state index in [4.69, 9.17) is 9.47 Å². The van der Waals surface area contributed by atoms with Crippen LogP contribution >= 0.6 is 0 Å². The van der Waals surface area contributed by atoms with Crippen LogP contribution in [-0.4, -0.2) is 36.2 Å². The minimum Gasteiger partial charge on any atom is -0.490 e. The second-order valence-electron chi connectivity index (χ2n) is 6.24. The van der Waals surface area contributed by atoms with Gasteiger partial charge in [-0.25, -0.2) is 9.59 Å². The highest BCUT2D eigenvalue weighted by Crippen LogP contribution is 2.33. The van der Waals surface area contributed by atoms with Crippen LogP contribution in [0.4, 0.5) is 4.79 Å². The fourth-order valence-electron chi connectivity index (χ4n) is 3.04. The van der Waals surface area contributed by atoms with Gasteiger partial charge in [-0.1, -0.05) is 24.8 Å². The molecule has 1 aliphatic heterocycles. The van der Waals surface area contributed by atoms with Crippen LogP contribution in [-0.2, 0) is 9.53 Å². The number of hydrogen-bond acceptors (Lipinski definition) is 4. The Hall–Kier alpha value is -2.76. The lowest BCUT2D eigenvalue weighted by Crippen LogP contribution is -2.50. The van der Waals surface area contributed by atoms with Crippen LogP contribution in [0.25, 0.3) is 0 Å². The van der Waals surface area contributed by atoms with Gasteiger partial charge in [-0.05, 0) is 45.4 Å². The van der Waals surface area contributed by atoms with Crippen molar-refractivity contribution in [1.29, 1.82) is 0 Å². The molecule has 0 saturated heterocycles. The minimum atomic E-state index is -0.594. The molecule has 0 bridgehead atoms. The first-order chi connectivity index (χ1) is 12.4. The molecule has 1 N–H and O–H groups in total. The second-order valence-corrected chi connectivity index (χ2v) is 6.24. The Labute approximate surface area is 154 Å². The van der Waals surface area contributed by atoms with E-state index >= 15 is 0 Å². The van der Waals surface area contributed by atoms with Gasteiger partial charge in [0, 0.05) is 11.7 Å². The number of carbonyl (C=O) groups excluding carboxylic acids is 2. The predicted octanol–water partition coefficient (Wildman–Crippen LogP) is 3.56. The number of nitrogens with zero attached hydrogens (tertiary/aromatic N) is 1. The second kappa shape index (κ2) is 8.56. The van der Waals surface area contributed by atoms with Crippen molar-refractivity contribution in [2.75, 3.05) is 13.2 Å². The summed E-state index contributed by atoms with van der Waals surface area (Å²) in [6.45, 7) is 11.6. The number of rotatable bonds is 7. The number of amides is 2. The molecule has 1 aliphatic rings. The zero-order valence-corrected chi connectivity index (χ0v) is 15.7. The average molecular weight is 358 g/mol. The normalized spacial score (nSPS) is 17.2. The molecular weight excluding hydrogens is 332 g/mol. The van der Waals surface area contributed by atoms with Crippen molar-refractivity contribution < 1.29 is 19.1 Å². The first-order valence-corrected chi connectivity index (χ1v) is 8.71. The number of benzene rings is 1. The SMILES string of the molecule is C=CCOc1cccc([C@@H]2NC(=O)N(C(C)C)C(C)=C2C(=O)OCC)c1. The van der Waals surface area contributed by atoms with Gasteiger partial charge in [0.2, 0.25) is 0 Å². The summed E-state index contributed by atoms with van der Waals surface area (Å²) in [4.78, 5) is 26.8. The topological polar surface area (TPSA) is 67.9 Å². The highest BCUT2D eigenvalue weighted by molar-refractivity contribution is 5.95. The van der Waals surface area contributed by atoms with E-state index in [1.807, 2.05) is 38.1 Å². The molecule has 0 spiro atoms. The number of hydrogen-bond donors (Lipinski definition) is 1. The molecule has 0 aliphatic carbocycles. The van der Waals surface area contributed by atoms with E-state index in [9.17, 15) is 9.59 Å². The van der Waals surface area contributed by atoms with Crippen LogP contribution in [0.1, 0.15) is 39.3 Å². The molecule has 26 heavy (non-hydrogen) atoms. The molecule has 140 valence electrons. The summed E-state index contributed by atoms with van der Waals surface area (Å²) >= 11 is 0. The first-order valence-electron chi connectivity index (χ1n) is 8.71. The van der Waals surface area contributed by atoms with Crippen molar-refractivity contribution in [2.45, 2.75) is 39.8 Å². The Morgan fingerprint density at radius 1 is 1.42 bits per heavy atom. The lowest BCUT2D eigenvalue weighted by molar-refractivity contribution is -0.139. The Kier molecular flexibility index (Phi) is 6.44. The van der Waals surface area contributed by atoms with Crippen molar-refractivity contribution in [1.82, 2.24) is 10.2 Å². The third-order valence-corrected chi connectivity index (χ3v) is 4.10. The summed E-state index contributed by atoms with van der Waals surface area (Å²) in [6.07, 6.45) is 1.66. The van der Waals surface area contributed by atoms with Crippen LogP contribution in [0.3, 0.4) is 0 Å². The number of ether oxygens (including phenoxy) is 2. The van der Waals surface area contributed by atoms with Gasteiger partial charge in [0.05, 0.1) is 18.2 Å². The van der Waals surface area contributed by atoms with E-state index in [1.54, 1.807) is 24.8 Å². The van der Waals surface area contributed by atoms with E-state index in [2.05, 4.69) is 11.9 Å². The van der Waals surface area contributed by atoms with Crippen LogP contribution in [0.5, 0.6) is 5.75 Å². The van der Waals surface area contributed by atoms with Gasteiger partial charge >= 0.3 is 12.0 Å². The molecule has 0 unspecified atom stereocenters. The monoisotopic (exact) mass is 358 g/mol. The van der Waals surface area contributed by atoms with Gasteiger partial charge in [-0.2, -0.15) is 0 Å². The highest BCUT2D eigenvalue weighted by Gasteiger charge is 2.37. The van der Waals surface area contributed by atoms with E-state index < -0.39 is 12.0 Å². The fraction of sp³-hybridized carbons (Fsp3) is 0.400. The summed E-state index contributed by atoms with van der Waals surface area (Å²) < 4.78 is 10.8. The predicted molar refractivity (Wildman–Crippen MR) is 99.7 cm³/mol. The minimum absolute atomic E-state index is 0.0809. The van der Waals surface area contributed by atoms with Gasteiger partial charge in [-0.3, -0.25) is 4.90 Å². The summed E-state index contributed by atoms with van der Waals surface area (Å²) in [5, 5.41) is 2.92. The van der Waals surface area contributed by atoms with Crippen molar-refractivity contribution in [3.8, 4) is 5.75 Å². The lowest BCUT2D eigenvalue weighted by atomic mass is 9.94. The zero-order valence-electron chi connectivity index (χ0n) is 15.7. The molecule has 1 atom stereocenters. The van der Waals surface area contributed by atoms with Crippen molar-refractivity contribution in [2.24, 2.45) is 0 Å². The maximum absolute atomic E-state index is 12.6. The van der Waals surface area contributed by atoms with Crippen LogP contribution in [0.15, 0.2) is 48.2 Å². The summed E-state index contributed by atoms with van der Waals surface area (Å²) in [5.41, 5.74) is 1.79. The molecule has 0 aromatic heterocycles. The zero-order chi connectivity index (χ0) is 19.3. The van der Waals surface area contributed by atoms with E-state index in [-0.39, 0.29) is 18.7 Å². The molecule has 2 rings (SSSR count). The average Bonchev–Trinajstić information content (AvgIpc) is 2.59. The Morgan fingerprint density at radius 2 is 2.15 bits per heavy atom. The van der Waals surface area contributed by atoms with E-state index in [0.29, 0.717) is 23.6 Å². The Bertz CT molecular complexity index is 724. The largest absolute Gasteiger partial charge is 0.490 e. The van der Waals surface area contributed by atoms with E-state index in [1.165, 1.54) is 0 Å². The summed E-state index contributed by atoms with van der Waals surface area (Å²) in [6, 6.07) is 6.39. The maximum Gasteiger partial charge on any atom is 0.338 e. The van der Waals surface area contributed by atoms with Crippen molar-refractivity contribution in [3.63, 3.8) is 0 Å². The molecule has 1 aromatic carbocycles. The first kappa shape index (κ1) is 19.6. The quantitative estimate of drug-likeness (QED) is 0.598. The Balaban J connectivity index is 2.49. The highest BCUT2D eigenvalue weighted by atomic mass is 16.5. The lowest BCUT2D eigenvalue weighted by Gasteiger charge is -2.37. The molecule has 1 aromatic rings. The molecular formula is C20H26N2O4. The van der Waals surface area contributed by atoms with Gasteiger partial charge in [0.15, 0.2) is 0 Å². The standard InChI is InChI=1S/C20H26N2O4/c1-6-11-26-16-10-8-9-15(12-16)18-17(19(23)25-7-2)14(5)22(13(3)4)20(24)21-18/h6,8-10,12-13,18H,1,7,11H2,2-5H3,(H,21,24)/t18-/m0/s1. The van der Waals surface area contributed by atoms with Gasteiger partial charge in [0.1, 0.15) is 12.4 Å². The molecule has 0 fully saturated rings. The number of carbonyl (C=O) groups is 2. The molecule has 6 nitrogen and oxygen atoms in total. The summed E-state index contributed by atoms with van der Waals surface area (Å²) in [5.74, 6) is 0.210. The van der Waals surface area contributed by atoms with Crippen LogP contribution < -0.4 is 10.1 Å². The Morgan fingerprint density at radius 3 is 2.77 bits per heavy atom. The molecule has 2 amide bonds. The number of urea groups is 1. The van der Waals surface area contributed by atoms with Crippen molar-refractivity contribution in [3.05, 3.63) is 53.8 Å². The summed E-state index contributed by atoms with van der Waals surface area (Å²) in [7, 11) is 0. The van der Waals surface area contributed by atoms with Crippen LogP contribution in [0.2, 0.25) is 0 Å². The van der Waals surface area contributed by atoms with Crippen LogP contribution in [0, 0.1) is 0 Å². The van der Waals surface area contributed by atoms with Gasteiger partial charge in [-0.15, -0.1) is 0 Å².